The van der Waals surface area contributed by atoms with Crippen LogP contribution < -0.4 is 5.32 Å². The van der Waals surface area contributed by atoms with Gasteiger partial charge in [-0.2, -0.15) is 0 Å². The van der Waals surface area contributed by atoms with Gasteiger partial charge < -0.3 is 5.32 Å². The van der Waals surface area contributed by atoms with Gasteiger partial charge in [-0.3, -0.25) is 4.79 Å². The molecule has 0 saturated heterocycles. The van der Waals surface area contributed by atoms with Crippen LogP contribution in [-0.2, 0) is 10.2 Å². The van der Waals surface area contributed by atoms with Crippen molar-refractivity contribution in [3.63, 3.8) is 0 Å². The zero-order chi connectivity index (χ0) is 18.5. The van der Waals surface area contributed by atoms with Gasteiger partial charge in [0.25, 0.3) is 0 Å². The Kier molecular flexibility index (Phi) is 4.30. The third-order valence-corrected chi connectivity index (χ3v) is 5.99. The fourth-order valence-corrected chi connectivity index (χ4v) is 4.11. The second-order valence-corrected chi connectivity index (χ2v) is 7.83. The molecule has 0 spiro atoms. The van der Waals surface area contributed by atoms with E-state index in [1.807, 2.05) is 67.6 Å². The Hall–Kier alpha value is -1.88. The number of benzene rings is 3. The van der Waals surface area contributed by atoms with Crippen LogP contribution in [0.25, 0.3) is 0 Å². The number of thiol groups is 2. The Labute approximate surface area is 168 Å². The molecule has 26 heavy (non-hydrogen) atoms. The summed E-state index contributed by atoms with van der Waals surface area (Å²) < 4.78 is 0. The number of anilines is 1. The van der Waals surface area contributed by atoms with Gasteiger partial charge in [0.15, 0.2) is 0 Å². The van der Waals surface area contributed by atoms with Gasteiger partial charge in [0, 0.05) is 20.4 Å². The minimum absolute atomic E-state index is 0.0864. The predicted octanol–water partition coefficient (Wildman–Crippen LogP) is 5.51. The largest absolute Gasteiger partial charge is 0.324 e. The summed E-state index contributed by atoms with van der Waals surface area (Å²) in [7, 11) is 0. The number of hydrogen-bond acceptors (Lipinski definition) is 3. The fourth-order valence-electron chi connectivity index (χ4n) is 3.65. The Bertz CT molecular complexity index is 968. The van der Waals surface area contributed by atoms with Gasteiger partial charge in [0.2, 0.25) is 5.91 Å². The fraction of sp³-hybridized carbons (Fsp3) is 0.0952. The lowest BCUT2D eigenvalue weighted by atomic mass is 9.70. The van der Waals surface area contributed by atoms with Crippen LogP contribution in [0.2, 0.25) is 5.02 Å². The molecule has 1 aliphatic rings. The van der Waals surface area contributed by atoms with Gasteiger partial charge in [-0.1, -0.05) is 41.9 Å². The number of nitrogens with one attached hydrogen (secondary N) is 1. The van der Waals surface area contributed by atoms with Crippen LogP contribution in [0, 0.1) is 6.92 Å². The highest BCUT2D eigenvalue weighted by atomic mass is 35.5. The lowest BCUT2D eigenvalue weighted by molar-refractivity contribution is -0.118. The molecule has 1 heterocycles. The molecule has 0 unspecified atom stereocenters. The first-order valence-electron chi connectivity index (χ1n) is 8.14. The van der Waals surface area contributed by atoms with E-state index in [0.29, 0.717) is 5.02 Å². The van der Waals surface area contributed by atoms with E-state index >= 15 is 0 Å². The van der Waals surface area contributed by atoms with Gasteiger partial charge in [0.05, 0.1) is 5.69 Å². The zero-order valence-corrected chi connectivity index (χ0v) is 16.5. The monoisotopic (exact) mass is 397 g/mol. The average molecular weight is 398 g/mol. The molecule has 1 N–H and O–H groups in total. The van der Waals surface area contributed by atoms with E-state index in [-0.39, 0.29) is 5.91 Å². The van der Waals surface area contributed by atoms with E-state index in [2.05, 4.69) is 30.6 Å². The first kappa shape index (κ1) is 17.5. The highest BCUT2D eigenvalue weighted by Gasteiger charge is 2.50. The molecule has 3 aromatic carbocycles. The summed E-state index contributed by atoms with van der Waals surface area (Å²) in [5, 5.41) is 3.70. The summed E-state index contributed by atoms with van der Waals surface area (Å²) in [6.45, 7) is 1.92. The first-order valence-corrected chi connectivity index (χ1v) is 9.42. The van der Waals surface area contributed by atoms with E-state index in [4.69, 9.17) is 11.6 Å². The maximum atomic E-state index is 13.4. The van der Waals surface area contributed by atoms with Crippen molar-refractivity contribution in [3.05, 3.63) is 87.9 Å². The van der Waals surface area contributed by atoms with Crippen molar-refractivity contribution in [1.82, 2.24) is 0 Å². The van der Waals surface area contributed by atoms with Crippen molar-refractivity contribution in [2.75, 3.05) is 5.32 Å². The van der Waals surface area contributed by atoms with Gasteiger partial charge in [-0.25, -0.2) is 0 Å². The molecular weight excluding hydrogens is 382 g/mol. The van der Waals surface area contributed by atoms with Gasteiger partial charge in [0.1, 0.15) is 5.41 Å². The summed E-state index contributed by atoms with van der Waals surface area (Å²) >= 11 is 15.1. The third kappa shape index (κ3) is 2.48. The molecule has 0 fully saturated rings. The van der Waals surface area contributed by atoms with Crippen LogP contribution in [0.4, 0.5) is 5.69 Å². The average Bonchev–Trinajstić information content (AvgIpc) is 2.93. The number of rotatable bonds is 2. The molecule has 0 bridgehead atoms. The molecule has 3 aromatic rings. The summed E-state index contributed by atoms with van der Waals surface area (Å²) in [6.07, 6.45) is 0. The van der Waals surface area contributed by atoms with Crippen LogP contribution >= 0.6 is 36.9 Å². The summed E-state index contributed by atoms with van der Waals surface area (Å²) in [4.78, 5) is 15.1. The number of carbonyl (C=O) groups is 1. The zero-order valence-electron chi connectivity index (χ0n) is 14.0. The van der Waals surface area contributed by atoms with Crippen LogP contribution in [0.5, 0.6) is 0 Å². The lowest BCUT2D eigenvalue weighted by Crippen LogP contribution is -2.37. The predicted molar refractivity (Wildman–Crippen MR) is 112 cm³/mol. The second-order valence-electron chi connectivity index (χ2n) is 6.39. The highest BCUT2D eigenvalue weighted by molar-refractivity contribution is 7.80. The number of halogens is 1. The normalized spacial score (nSPS) is 14.8. The summed E-state index contributed by atoms with van der Waals surface area (Å²) in [6, 6.07) is 19.2. The molecule has 2 nitrogen and oxygen atoms in total. The van der Waals surface area contributed by atoms with Crippen molar-refractivity contribution in [2.24, 2.45) is 0 Å². The molecule has 0 saturated carbocycles. The smallest absolute Gasteiger partial charge is 0.244 e. The minimum atomic E-state index is -0.937. The lowest BCUT2D eigenvalue weighted by Gasteiger charge is -2.29. The van der Waals surface area contributed by atoms with Crippen LogP contribution in [0.1, 0.15) is 22.3 Å². The van der Waals surface area contributed by atoms with E-state index in [9.17, 15) is 4.79 Å². The molecule has 0 radical (unpaired) electrons. The summed E-state index contributed by atoms with van der Waals surface area (Å²) in [5.74, 6) is -0.0864. The Morgan fingerprint density at radius 3 is 1.85 bits per heavy atom. The topological polar surface area (TPSA) is 29.1 Å². The van der Waals surface area contributed by atoms with Crippen molar-refractivity contribution in [2.45, 2.75) is 22.1 Å². The Balaban J connectivity index is 2.08. The third-order valence-electron chi connectivity index (χ3n) is 4.98. The number of carbonyl (C=O) groups excluding carboxylic acids is 1. The molecule has 0 aliphatic carbocycles. The molecular formula is C21H16ClNOS2. The molecule has 0 atom stereocenters. The highest BCUT2D eigenvalue weighted by Crippen LogP contribution is 2.49. The Morgan fingerprint density at radius 2 is 1.35 bits per heavy atom. The quantitative estimate of drug-likeness (QED) is 0.489. The van der Waals surface area contributed by atoms with Crippen LogP contribution in [-0.4, -0.2) is 5.91 Å². The van der Waals surface area contributed by atoms with Crippen molar-refractivity contribution < 1.29 is 4.79 Å². The van der Waals surface area contributed by atoms with Crippen molar-refractivity contribution in [1.29, 1.82) is 0 Å². The second kappa shape index (κ2) is 6.38. The van der Waals surface area contributed by atoms with Crippen molar-refractivity contribution >= 4 is 48.5 Å². The summed E-state index contributed by atoms with van der Waals surface area (Å²) in [5.41, 5.74) is 3.40. The maximum absolute atomic E-state index is 13.4. The molecule has 5 heteroatoms. The maximum Gasteiger partial charge on any atom is 0.244 e. The van der Waals surface area contributed by atoms with E-state index in [1.54, 1.807) is 0 Å². The van der Waals surface area contributed by atoms with Crippen LogP contribution in [0.3, 0.4) is 0 Å². The van der Waals surface area contributed by atoms with E-state index in [1.165, 1.54) is 0 Å². The first-order chi connectivity index (χ1) is 12.4. The number of fused-ring (bicyclic) bond motifs is 1. The number of hydrogen-bond donors (Lipinski definition) is 3. The van der Waals surface area contributed by atoms with E-state index < -0.39 is 5.41 Å². The van der Waals surface area contributed by atoms with Gasteiger partial charge in [-0.05, 0) is 53.9 Å². The van der Waals surface area contributed by atoms with Crippen molar-refractivity contribution in [3.8, 4) is 0 Å². The molecule has 130 valence electrons. The SMILES string of the molecule is Cc1c(Cl)ccc2c1NC(=O)C2(c1ccc(S)cc1)c1ccc(S)cc1. The van der Waals surface area contributed by atoms with Crippen LogP contribution in [0.15, 0.2) is 70.5 Å². The molecule has 0 aromatic heterocycles. The molecule has 4 rings (SSSR count). The number of amides is 1. The van der Waals surface area contributed by atoms with Gasteiger partial charge in [-0.15, -0.1) is 25.3 Å². The molecule has 1 amide bonds. The molecule has 1 aliphatic heterocycles. The van der Waals surface area contributed by atoms with E-state index in [0.717, 1.165) is 37.7 Å². The van der Waals surface area contributed by atoms with Gasteiger partial charge >= 0.3 is 0 Å². The minimum Gasteiger partial charge on any atom is -0.324 e. The Morgan fingerprint density at radius 1 is 0.846 bits per heavy atom. The standard InChI is InChI=1S/C21H16ClNOS2/c1-12-18(22)11-10-17-19(12)23-20(24)21(17,13-2-6-15(25)7-3-13)14-4-8-16(26)9-5-14/h2-11,25-26H,1H3,(H,23,24).